The highest BCUT2D eigenvalue weighted by atomic mass is 79.9. The van der Waals surface area contributed by atoms with Crippen molar-refractivity contribution in [1.29, 1.82) is 0 Å². The van der Waals surface area contributed by atoms with Gasteiger partial charge in [0, 0.05) is 35.3 Å². The molecule has 0 aliphatic carbocycles. The summed E-state index contributed by atoms with van der Waals surface area (Å²) in [6.07, 6.45) is 1.12. The SMILES string of the molecule is CC1OCCC1NCc1ccc(Br)cc1[N+](=O)[O-]. The fourth-order valence-electron chi connectivity index (χ4n) is 2.10. The van der Waals surface area contributed by atoms with Crippen LogP contribution < -0.4 is 5.32 Å². The lowest BCUT2D eigenvalue weighted by atomic mass is 10.1. The fraction of sp³-hybridized carbons (Fsp3) is 0.500. The molecule has 1 aliphatic rings. The molecule has 1 N–H and O–H groups in total. The third-order valence-corrected chi connectivity index (χ3v) is 3.67. The van der Waals surface area contributed by atoms with E-state index in [1.807, 2.05) is 13.0 Å². The van der Waals surface area contributed by atoms with Crippen LogP contribution in [0.4, 0.5) is 5.69 Å². The fourth-order valence-corrected chi connectivity index (χ4v) is 2.45. The van der Waals surface area contributed by atoms with Crippen LogP contribution in [0.3, 0.4) is 0 Å². The Hall–Kier alpha value is -0.980. The highest BCUT2D eigenvalue weighted by Gasteiger charge is 2.24. The second kappa shape index (κ2) is 5.77. The van der Waals surface area contributed by atoms with Gasteiger partial charge in [-0.3, -0.25) is 10.1 Å². The van der Waals surface area contributed by atoms with Gasteiger partial charge in [0.2, 0.25) is 0 Å². The van der Waals surface area contributed by atoms with E-state index in [9.17, 15) is 10.1 Å². The average molecular weight is 315 g/mol. The summed E-state index contributed by atoms with van der Waals surface area (Å²) in [7, 11) is 0. The van der Waals surface area contributed by atoms with Crippen LogP contribution in [0.25, 0.3) is 0 Å². The van der Waals surface area contributed by atoms with E-state index in [0.717, 1.165) is 17.5 Å². The van der Waals surface area contributed by atoms with Crippen LogP contribution in [0.15, 0.2) is 22.7 Å². The maximum atomic E-state index is 11.0. The number of nitrogens with zero attached hydrogens (tertiary/aromatic N) is 1. The molecule has 98 valence electrons. The minimum Gasteiger partial charge on any atom is -0.377 e. The summed E-state index contributed by atoms with van der Waals surface area (Å²) in [5.41, 5.74) is 0.839. The van der Waals surface area contributed by atoms with E-state index in [0.29, 0.717) is 12.1 Å². The van der Waals surface area contributed by atoms with Crippen molar-refractivity contribution in [2.75, 3.05) is 6.61 Å². The summed E-state index contributed by atoms with van der Waals surface area (Å²) in [5.74, 6) is 0. The monoisotopic (exact) mass is 314 g/mol. The molecule has 0 saturated carbocycles. The summed E-state index contributed by atoms with van der Waals surface area (Å²) in [5, 5.41) is 14.3. The predicted molar refractivity (Wildman–Crippen MR) is 71.5 cm³/mol. The van der Waals surface area contributed by atoms with Crippen LogP contribution in [0.5, 0.6) is 0 Å². The van der Waals surface area contributed by atoms with Gasteiger partial charge < -0.3 is 10.1 Å². The minimum absolute atomic E-state index is 0.142. The van der Waals surface area contributed by atoms with Crippen LogP contribution in [-0.2, 0) is 11.3 Å². The first-order chi connectivity index (χ1) is 8.58. The summed E-state index contributed by atoms with van der Waals surface area (Å²) in [4.78, 5) is 10.6. The van der Waals surface area contributed by atoms with Crippen LogP contribution in [0.1, 0.15) is 18.9 Å². The molecule has 1 aliphatic heterocycles. The van der Waals surface area contributed by atoms with Gasteiger partial charge in [0.05, 0.1) is 11.0 Å². The molecule has 2 atom stereocenters. The van der Waals surface area contributed by atoms with Crippen molar-refractivity contribution < 1.29 is 9.66 Å². The molecule has 5 nitrogen and oxygen atoms in total. The predicted octanol–water partition coefficient (Wildman–Crippen LogP) is 2.62. The summed E-state index contributed by atoms with van der Waals surface area (Å²) >= 11 is 3.25. The zero-order chi connectivity index (χ0) is 13.1. The molecule has 1 saturated heterocycles. The van der Waals surface area contributed by atoms with Crippen LogP contribution in [-0.4, -0.2) is 23.7 Å². The average Bonchev–Trinajstić information content (AvgIpc) is 2.73. The summed E-state index contributed by atoms with van der Waals surface area (Å²) in [6, 6.07) is 5.40. The Kier molecular flexibility index (Phi) is 4.31. The van der Waals surface area contributed by atoms with Crippen molar-refractivity contribution in [2.45, 2.75) is 32.0 Å². The quantitative estimate of drug-likeness (QED) is 0.685. The van der Waals surface area contributed by atoms with Gasteiger partial charge in [-0.1, -0.05) is 15.9 Å². The molecule has 1 aromatic carbocycles. The molecule has 1 aromatic rings. The van der Waals surface area contributed by atoms with Crippen molar-refractivity contribution in [3.8, 4) is 0 Å². The van der Waals surface area contributed by atoms with E-state index in [4.69, 9.17) is 4.74 Å². The summed E-state index contributed by atoms with van der Waals surface area (Å²) < 4.78 is 6.16. The molecule has 1 heterocycles. The Morgan fingerprint density at radius 3 is 3.00 bits per heavy atom. The first kappa shape index (κ1) is 13.5. The lowest BCUT2D eigenvalue weighted by Gasteiger charge is -2.16. The van der Waals surface area contributed by atoms with Gasteiger partial charge in [-0.2, -0.15) is 0 Å². The topological polar surface area (TPSA) is 64.4 Å². The van der Waals surface area contributed by atoms with E-state index in [1.165, 1.54) is 6.07 Å². The molecular formula is C12H15BrN2O3. The molecule has 2 unspecified atom stereocenters. The Morgan fingerprint density at radius 2 is 2.39 bits per heavy atom. The lowest BCUT2D eigenvalue weighted by Crippen LogP contribution is -2.34. The standard InChI is InChI=1S/C12H15BrN2O3/c1-8-11(4-5-18-8)14-7-9-2-3-10(13)6-12(9)15(16)17/h2-3,6,8,11,14H,4-5,7H2,1H3. The van der Waals surface area contributed by atoms with E-state index < -0.39 is 0 Å². The van der Waals surface area contributed by atoms with Gasteiger partial charge in [0.25, 0.3) is 5.69 Å². The lowest BCUT2D eigenvalue weighted by molar-refractivity contribution is -0.385. The molecule has 2 rings (SSSR count). The molecule has 18 heavy (non-hydrogen) atoms. The van der Waals surface area contributed by atoms with Crippen molar-refractivity contribution in [2.24, 2.45) is 0 Å². The van der Waals surface area contributed by atoms with Crippen LogP contribution >= 0.6 is 15.9 Å². The Labute approximate surface area is 114 Å². The molecule has 0 bridgehead atoms. The summed E-state index contributed by atoms with van der Waals surface area (Å²) in [6.45, 7) is 3.25. The zero-order valence-corrected chi connectivity index (χ0v) is 11.6. The van der Waals surface area contributed by atoms with Crippen LogP contribution in [0, 0.1) is 10.1 Å². The number of hydrogen-bond acceptors (Lipinski definition) is 4. The van der Waals surface area contributed by atoms with Gasteiger partial charge in [-0.25, -0.2) is 0 Å². The number of halogens is 1. The van der Waals surface area contributed by atoms with Gasteiger partial charge in [-0.15, -0.1) is 0 Å². The normalized spacial score (nSPS) is 23.2. The number of benzene rings is 1. The zero-order valence-electron chi connectivity index (χ0n) is 10.1. The Morgan fingerprint density at radius 1 is 1.61 bits per heavy atom. The highest BCUT2D eigenvalue weighted by Crippen LogP contribution is 2.24. The Balaban J connectivity index is 2.06. The van der Waals surface area contributed by atoms with E-state index in [-0.39, 0.29) is 22.8 Å². The van der Waals surface area contributed by atoms with Gasteiger partial charge in [0.1, 0.15) is 0 Å². The molecule has 1 fully saturated rings. The maximum absolute atomic E-state index is 11.0. The molecule has 0 spiro atoms. The number of nitrogens with one attached hydrogen (secondary N) is 1. The molecule has 0 aromatic heterocycles. The number of rotatable bonds is 4. The largest absolute Gasteiger partial charge is 0.377 e. The highest BCUT2D eigenvalue weighted by molar-refractivity contribution is 9.10. The number of hydrogen-bond donors (Lipinski definition) is 1. The van der Waals surface area contributed by atoms with Gasteiger partial charge in [0.15, 0.2) is 0 Å². The second-order valence-corrected chi connectivity index (χ2v) is 5.30. The van der Waals surface area contributed by atoms with Crippen molar-refractivity contribution >= 4 is 21.6 Å². The second-order valence-electron chi connectivity index (χ2n) is 4.38. The molecule has 0 amide bonds. The van der Waals surface area contributed by atoms with E-state index >= 15 is 0 Å². The van der Waals surface area contributed by atoms with Crippen molar-refractivity contribution in [3.05, 3.63) is 38.3 Å². The molecular weight excluding hydrogens is 300 g/mol. The van der Waals surface area contributed by atoms with E-state index in [2.05, 4.69) is 21.2 Å². The van der Waals surface area contributed by atoms with Gasteiger partial charge >= 0.3 is 0 Å². The third-order valence-electron chi connectivity index (χ3n) is 3.17. The minimum atomic E-state index is -0.351. The number of nitro benzene ring substituents is 1. The first-order valence-corrected chi connectivity index (χ1v) is 6.65. The smallest absolute Gasteiger partial charge is 0.275 e. The Bertz CT molecular complexity index is 453. The number of nitro groups is 1. The maximum Gasteiger partial charge on any atom is 0.275 e. The molecule has 6 heteroatoms. The van der Waals surface area contributed by atoms with E-state index in [1.54, 1.807) is 6.07 Å². The third kappa shape index (κ3) is 3.07. The van der Waals surface area contributed by atoms with Crippen LogP contribution in [0.2, 0.25) is 0 Å². The van der Waals surface area contributed by atoms with Crippen molar-refractivity contribution in [1.82, 2.24) is 5.32 Å². The molecule has 0 radical (unpaired) electrons. The number of ether oxygens (including phenoxy) is 1. The van der Waals surface area contributed by atoms with Crippen molar-refractivity contribution in [3.63, 3.8) is 0 Å². The van der Waals surface area contributed by atoms with Gasteiger partial charge in [-0.05, 0) is 25.5 Å². The first-order valence-electron chi connectivity index (χ1n) is 5.85.